The highest BCUT2D eigenvalue weighted by atomic mass is 16.5. The summed E-state index contributed by atoms with van der Waals surface area (Å²) in [6.07, 6.45) is 2.10. The Morgan fingerprint density at radius 2 is 1.59 bits per heavy atom. The van der Waals surface area contributed by atoms with Gasteiger partial charge in [0.15, 0.2) is 17.3 Å². The van der Waals surface area contributed by atoms with E-state index in [1.54, 1.807) is 69.2 Å². The lowest BCUT2D eigenvalue weighted by molar-refractivity contribution is 0.0905. The molecule has 3 aromatic carbocycles. The van der Waals surface area contributed by atoms with Crippen LogP contribution in [0.25, 0.3) is 34.1 Å². The molecule has 14 heteroatoms. The van der Waals surface area contributed by atoms with Crippen LogP contribution in [0, 0.1) is 13.8 Å². The van der Waals surface area contributed by atoms with Crippen molar-refractivity contribution in [1.82, 2.24) is 24.3 Å². The molecule has 14 nitrogen and oxygen atoms in total. The second-order valence-corrected chi connectivity index (χ2v) is 13.3. The summed E-state index contributed by atoms with van der Waals surface area (Å²) in [5.41, 5.74) is 1.29. The van der Waals surface area contributed by atoms with Gasteiger partial charge in [0.05, 0.1) is 66.2 Å². The molecule has 1 atom stereocenters. The number of carbonyl (C=O) groups is 1. The number of aryl methyl sites for hydroxylation is 3. The number of benzene rings is 3. The number of carbonyl (C=O) groups excluding carboxylic acids is 1. The topological polar surface area (TPSA) is 180 Å². The highest BCUT2D eigenvalue weighted by molar-refractivity contribution is 6.14. The molecule has 0 amide bonds. The van der Waals surface area contributed by atoms with Crippen molar-refractivity contribution in [3.05, 3.63) is 104 Å². The number of hydrogen-bond acceptors (Lipinski definition) is 12. The molecule has 274 valence electrons. The van der Waals surface area contributed by atoms with Crippen LogP contribution in [0.5, 0.6) is 40.4 Å². The van der Waals surface area contributed by atoms with Gasteiger partial charge in [0.25, 0.3) is 0 Å². The van der Waals surface area contributed by atoms with E-state index in [9.17, 15) is 24.9 Å². The molecule has 1 aliphatic heterocycles. The number of methoxy groups -OCH3 is 3. The summed E-state index contributed by atoms with van der Waals surface area (Å²) in [5.74, 6) is 0.533. The number of phenolic OH excluding ortho intramolecular Hbond substituents is 2. The summed E-state index contributed by atoms with van der Waals surface area (Å²) < 4.78 is 25.5. The summed E-state index contributed by atoms with van der Waals surface area (Å²) in [5, 5.41) is 38.8. The first-order valence-corrected chi connectivity index (χ1v) is 17.0. The van der Waals surface area contributed by atoms with Crippen molar-refractivity contribution in [2.75, 3.05) is 21.3 Å². The second kappa shape index (κ2) is 12.4. The van der Waals surface area contributed by atoms with E-state index in [2.05, 4.69) is 10.1 Å². The van der Waals surface area contributed by atoms with E-state index in [0.29, 0.717) is 46.3 Å². The van der Waals surface area contributed by atoms with Gasteiger partial charge in [-0.15, -0.1) is 0 Å². The molecule has 4 heterocycles. The van der Waals surface area contributed by atoms with Crippen LogP contribution in [-0.4, -0.2) is 66.7 Å². The molecule has 0 radical (unpaired) electrons. The maximum atomic E-state index is 14.6. The first kappa shape index (κ1) is 34.3. The van der Waals surface area contributed by atoms with Gasteiger partial charge in [0.1, 0.15) is 39.8 Å². The molecule has 0 saturated heterocycles. The van der Waals surface area contributed by atoms with Gasteiger partial charge in [0, 0.05) is 18.2 Å². The number of aromatic hydroxyl groups is 3. The predicted octanol–water partition coefficient (Wildman–Crippen LogP) is 5.53. The lowest BCUT2D eigenvalue weighted by Crippen LogP contribution is -2.36. The van der Waals surface area contributed by atoms with E-state index in [1.807, 2.05) is 18.2 Å². The number of pyridine rings is 1. The molecule has 6 aromatic rings. The van der Waals surface area contributed by atoms with Crippen molar-refractivity contribution < 1.29 is 39.1 Å². The van der Waals surface area contributed by atoms with Crippen molar-refractivity contribution in [2.45, 2.75) is 39.2 Å². The zero-order chi connectivity index (χ0) is 38.2. The molecule has 3 N–H and O–H groups in total. The number of aromatic nitrogens is 5. The van der Waals surface area contributed by atoms with Crippen molar-refractivity contribution in [3.8, 4) is 57.3 Å². The Bertz CT molecular complexity index is 2660. The Balaban J connectivity index is 1.26. The molecule has 0 fully saturated rings. The lowest BCUT2D eigenvalue weighted by atomic mass is 9.71. The highest BCUT2D eigenvalue weighted by Crippen LogP contribution is 2.60. The fraction of sp³-hybridized carbons (Fsp3) is 0.225. The standard InChI is InChI=1S/C40H35N5O9/c1-19-33(46)31(25-13-12-24-37(41-25)44(39(50)42-38(24)49)16-15-21-7-14-27(52-5)28(17-21)53-6)35-32(34(19)47)40(3)29(54-35)18-26-30(36(40)48)20(2)43-45(26)22-8-10-23(51-4)11-9-22/h7-14,17-18,46-47H,15-16H2,1-6H3,(H,42,49,50). The van der Waals surface area contributed by atoms with Crippen LogP contribution in [0.2, 0.25) is 0 Å². The van der Waals surface area contributed by atoms with Crippen LogP contribution in [0.1, 0.15) is 45.4 Å². The number of phenols is 2. The van der Waals surface area contributed by atoms with Crippen LogP contribution in [0.3, 0.4) is 0 Å². The number of allylic oxidation sites excluding steroid dienone is 1. The number of rotatable bonds is 8. The minimum absolute atomic E-state index is 0.0359. The molecule has 0 saturated carbocycles. The SMILES string of the molecule is COc1ccc(-n2nc(C)c3c2C=C2Oc4c(-c5ccc6c(O)nc(=O)n(CCc7ccc(OC)c(OC)c7)c6n5)c(O)c(C)c(O)c4C2(C)C3=O)cc1. The quantitative estimate of drug-likeness (QED) is 0.179. The van der Waals surface area contributed by atoms with Crippen molar-refractivity contribution >= 4 is 22.9 Å². The third-order valence-electron chi connectivity index (χ3n) is 10.3. The van der Waals surface area contributed by atoms with Gasteiger partial charge in [-0.05, 0) is 81.3 Å². The number of ether oxygens (including phenoxy) is 4. The maximum Gasteiger partial charge on any atom is 0.352 e. The first-order chi connectivity index (χ1) is 25.9. The van der Waals surface area contributed by atoms with Crippen LogP contribution in [0.4, 0.5) is 0 Å². The summed E-state index contributed by atoms with van der Waals surface area (Å²) in [6, 6.07) is 15.7. The van der Waals surface area contributed by atoms with Crippen LogP contribution >= 0.6 is 0 Å². The van der Waals surface area contributed by atoms with E-state index < -0.39 is 17.0 Å². The fourth-order valence-electron chi connectivity index (χ4n) is 7.37. The van der Waals surface area contributed by atoms with Gasteiger partial charge < -0.3 is 34.3 Å². The van der Waals surface area contributed by atoms with Gasteiger partial charge in [-0.1, -0.05) is 6.07 Å². The largest absolute Gasteiger partial charge is 0.507 e. The Morgan fingerprint density at radius 3 is 2.30 bits per heavy atom. The van der Waals surface area contributed by atoms with Gasteiger partial charge >= 0.3 is 5.69 Å². The first-order valence-electron chi connectivity index (χ1n) is 17.0. The molecule has 1 aliphatic carbocycles. The number of ketones is 1. The summed E-state index contributed by atoms with van der Waals surface area (Å²) in [7, 11) is 4.65. The smallest absolute Gasteiger partial charge is 0.352 e. The van der Waals surface area contributed by atoms with E-state index in [4.69, 9.17) is 23.9 Å². The molecule has 2 aliphatic rings. The van der Waals surface area contributed by atoms with Gasteiger partial charge in [-0.25, -0.2) is 14.5 Å². The third-order valence-corrected chi connectivity index (χ3v) is 10.3. The maximum absolute atomic E-state index is 14.6. The van der Waals surface area contributed by atoms with Crippen molar-refractivity contribution in [2.24, 2.45) is 0 Å². The third kappa shape index (κ3) is 4.90. The predicted molar refractivity (Wildman–Crippen MR) is 197 cm³/mol. The van der Waals surface area contributed by atoms with Gasteiger partial charge in [-0.2, -0.15) is 10.1 Å². The molecule has 1 unspecified atom stereocenters. The number of nitrogens with zero attached hydrogens (tertiary/aromatic N) is 5. The minimum Gasteiger partial charge on any atom is -0.507 e. The van der Waals surface area contributed by atoms with E-state index in [1.165, 1.54) is 24.7 Å². The van der Waals surface area contributed by atoms with Crippen molar-refractivity contribution in [3.63, 3.8) is 0 Å². The molecular formula is C40H35N5O9. The fourth-order valence-corrected chi connectivity index (χ4v) is 7.37. The zero-order valence-electron chi connectivity index (χ0n) is 30.2. The number of hydrogen-bond donors (Lipinski definition) is 3. The molecule has 8 rings (SSSR count). The molecular weight excluding hydrogens is 694 g/mol. The van der Waals surface area contributed by atoms with Crippen LogP contribution < -0.4 is 24.6 Å². The van der Waals surface area contributed by atoms with E-state index in [0.717, 1.165) is 5.56 Å². The Labute approximate surface area is 308 Å². The van der Waals surface area contributed by atoms with Crippen molar-refractivity contribution in [1.29, 1.82) is 0 Å². The van der Waals surface area contributed by atoms with Crippen LogP contribution in [0.15, 0.2) is 65.2 Å². The highest BCUT2D eigenvalue weighted by Gasteiger charge is 2.55. The Hall–Kier alpha value is -6.83. The molecule has 0 spiro atoms. The summed E-state index contributed by atoms with van der Waals surface area (Å²) in [4.78, 5) is 36.5. The summed E-state index contributed by atoms with van der Waals surface area (Å²) in [6.45, 7) is 5.08. The Morgan fingerprint density at radius 1 is 0.852 bits per heavy atom. The minimum atomic E-state index is -1.49. The van der Waals surface area contributed by atoms with Gasteiger partial charge in [0.2, 0.25) is 5.88 Å². The van der Waals surface area contributed by atoms with Crippen LogP contribution in [-0.2, 0) is 18.4 Å². The zero-order valence-corrected chi connectivity index (χ0v) is 30.2. The average Bonchev–Trinajstić information content (AvgIpc) is 3.67. The Kier molecular flexibility index (Phi) is 7.87. The molecule has 0 bridgehead atoms. The van der Waals surface area contributed by atoms with E-state index in [-0.39, 0.29) is 68.8 Å². The average molecular weight is 730 g/mol. The monoisotopic (exact) mass is 729 g/mol. The number of Topliss-reactive ketones (excluding diaryl/α,β-unsaturated/α-hetero) is 1. The number of fused-ring (bicyclic) bond motifs is 5. The lowest BCUT2D eigenvalue weighted by Gasteiger charge is -2.27. The second-order valence-electron chi connectivity index (χ2n) is 13.3. The normalized spacial score (nSPS) is 15.7. The molecule has 3 aromatic heterocycles. The molecule has 54 heavy (non-hydrogen) atoms. The summed E-state index contributed by atoms with van der Waals surface area (Å²) >= 11 is 0. The van der Waals surface area contributed by atoms with Gasteiger partial charge in [-0.3, -0.25) is 9.36 Å². The van der Waals surface area contributed by atoms with E-state index >= 15 is 0 Å².